The van der Waals surface area contributed by atoms with Crippen LogP contribution in [0.5, 0.6) is 0 Å². The lowest BCUT2D eigenvalue weighted by atomic mass is 9.73. The first kappa shape index (κ1) is 15.8. The molecule has 124 valence electrons. The van der Waals surface area contributed by atoms with Gasteiger partial charge in [-0.05, 0) is 29.2 Å². The number of hydrogen-bond acceptors (Lipinski definition) is 2. The monoisotopic (exact) mass is 328 g/mol. The van der Waals surface area contributed by atoms with Crippen molar-refractivity contribution in [3.05, 3.63) is 95.6 Å². The fourth-order valence-corrected chi connectivity index (χ4v) is 3.88. The van der Waals surface area contributed by atoms with Gasteiger partial charge in [0.05, 0.1) is 6.61 Å². The number of rotatable bonds is 5. The van der Waals surface area contributed by atoms with Crippen molar-refractivity contribution in [3.8, 4) is 11.1 Å². The van der Waals surface area contributed by atoms with Crippen LogP contribution in [0, 0.1) is 0 Å². The van der Waals surface area contributed by atoms with Crippen LogP contribution in [-0.4, -0.2) is 19.0 Å². The molecule has 4 rings (SSSR count). The standard InChI is InChI=1S/C23H20O2/c1-2-25-16-23(22(24)17-10-4-3-5-11-17)20-14-8-6-12-18(20)19-13-7-9-15-21(19)23/h3-15H,2,16H2,1H3. The van der Waals surface area contributed by atoms with Gasteiger partial charge in [-0.3, -0.25) is 4.79 Å². The van der Waals surface area contributed by atoms with Crippen LogP contribution in [0.3, 0.4) is 0 Å². The summed E-state index contributed by atoms with van der Waals surface area (Å²) in [5.41, 5.74) is 4.26. The van der Waals surface area contributed by atoms with Crippen LogP contribution in [0.4, 0.5) is 0 Å². The van der Waals surface area contributed by atoms with Gasteiger partial charge in [0.25, 0.3) is 0 Å². The average Bonchev–Trinajstić information content (AvgIpc) is 2.98. The second kappa shape index (κ2) is 6.30. The molecule has 0 amide bonds. The van der Waals surface area contributed by atoms with E-state index in [9.17, 15) is 4.79 Å². The van der Waals surface area contributed by atoms with Crippen LogP contribution in [0.25, 0.3) is 11.1 Å². The van der Waals surface area contributed by atoms with Gasteiger partial charge < -0.3 is 4.74 Å². The smallest absolute Gasteiger partial charge is 0.180 e. The number of ketones is 1. The van der Waals surface area contributed by atoms with E-state index in [-0.39, 0.29) is 5.78 Å². The second-order valence-corrected chi connectivity index (χ2v) is 6.33. The van der Waals surface area contributed by atoms with E-state index in [0.29, 0.717) is 18.8 Å². The molecule has 0 saturated carbocycles. The first-order valence-electron chi connectivity index (χ1n) is 8.66. The number of fused-ring (bicyclic) bond motifs is 3. The lowest BCUT2D eigenvalue weighted by Crippen LogP contribution is -2.40. The van der Waals surface area contributed by atoms with Crippen LogP contribution in [-0.2, 0) is 10.2 Å². The number of hydrogen-bond donors (Lipinski definition) is 0. The van der Waals surface area contributed by atoms with Gasteiger partial charge in [-0.25, -0.2) is 0 Å². The molecule has 0 unspecified atom stereocenters. The van der Waals surface area contributed by atoms with Gasteiger partial charge in [0.15, 0.2) is 5.78 Å². The van der Waals surface area contributed by atoms with Crippen molar-refractivity contribution in [2.75, 3.05) is 13.2 Å². The molecule has 3 aromatic rings. The highest BCUT2D eigenvalue weighted by Crippen LogP contribution is 2.50. The second-order valence-electron chi connectivity index (χ2n) is 6.33. The Bertz CT molecular complexity index is 867. The van der Waals surface area contributed by atoms with Crippen molar-refractivity contribution in [2.45, 2.75) is 12.3 Å². The van der Waals surface area contributed by atoms with Gasteiger partial charge in [-0.1, -0.05) is 78.9 Å². The molecule has 0 spiro atoms. The molecular formula is C23H20O2. The maximum absolute atomic E-state index is 13.7. The summed E-state index contributed by atoms with van der Waals surface area (Å²) in [6, 6.07) is 25.9. The number of benzene rings is 3. The Morgan fingerprint density at radius 1 is 0.800 bits per heavy atom. The van der Waals surface area contributed by atoms with Gasteiger partial charge >= 0.3 is 0 Å². The summed E-state index contributed by atoms with van der Waals surface area (Å²) < 4.78 is 5.86. The summed E-state index contributed by atoms with van der Waals surface area (Å²) in [7, 11) is 0. The number of Topliss-reactive ketones (excluding diaryl/α,β-unsaturated/α-hetero) is 1. The molecule has 3 aromatic carbocycles. The lowest BCUT2D eigenvalue weighted by Gasteiger charge is -2.30. The molecule has 0 fully saturated rings. The summed E-state index contributed by atoms with van der Waals surface area (Å²) in [6.07, 6.45) is 0. The summed E-state index contributed by atoms with van der Waals surface area (Å²) in [4.78, 5) is 13.7. The van der Waals surface area contributed by atoms with E-state index in [0.717, 1.165) is 22.3 Å². The fraction of sp³-hybridized carbons (Fsp3) is 0.174. The molecule has 0 atom stereocenters. The number of ether oxygens (including phenoxy) is 1. The highest BCUT2D eigenvalue weighted by Gasteiger charge is 2.49. The maximum atomic E-state index is 13.7. The fourth-order valence-electron chi connectivity index (χ4n) is 3.88. The SMILES string of the molecule is CCOCC1(C(=O)c2ccccc2)c2ccccc2-c2ccccc21. The van der Waals surface area contributed by atoms with Crippen LogP contribution >= 0.6 is 0 Å². The summed E-state index contributed by atoms with van der Waals surface area (Å²) in [5, 5.41) is 0. The number of carbonyl (C=O) groups is 1. The molecular weight excluding hydrogens is 308 g/mol. The molecule has 0 aromatic heterocycles. The summed E-state index contributed by atoms with van der Waals surface area (Å²) >= 11 is 0. The molecule has 0 saturated heterocycles. The largest absolute Gasteiger partial charge is 0.380 e. The Morgan fingerprint density at radius 3 is 1.88 bits per heavy atom. The topological polar surface area (TPSA) is 26.3 Å². The van der Waals surface area contributed by atoms with E-state index in [2.05, 4.69) is 24.3 Å². The van der Waals surface area contributed by atoms with Crippen LogP contribution < -0.4 is 0 Å². The highest BCUT2D eigenvalue weighted by atomic mass is 16.5. The Hall–Kier alpha value is -2.71. The third kappa shape index (κ3) is 2.33. The van der Waals surface area contributed by atoms with Crippen LogP contribution in [0.15, 0.2) is 78.9 Å². The molecule has 1 aliphatic rings. The predicted octanol–water partition coefficient (Wildman–Crippen LogP) is 4.87. The van der Waals surface area contributed by atoms with E-state index in [1.807, 2.05) is 61.5 Å². The zero-order chi connectivity index (χ0) is 17.3. The third-order valence-electron chi connectivity index (χ3n) is 5.01. The van der Waals surface area contributed by atoms with Crippen molar-refractivity contribution < 1.29 is 9.53 Å². The van der Waals surface area contributed by atoms with Crippen molar-refractivity contribution >= 4 is 5.78 Å². The van der Waals surface area contributed by atoms with Crippen LogP contribution in [0.1, 0.15) is 28.4 Å². The lowest BCUT2D eigenvalue weighted by molar-refractivity contribution is 0.0720. The summed E-state index contributed by atoms with van der Waals surface area (Å²) in [6.45, 7) is 2.90. The first-order chi connectivity index (χ1) is 12.3. The minimum atomic E-state index is -0.787. The van der Waals surface area contributed by atoms with E-state index in [1.54, 1.807) is 0 Å². The van der Waals surface area contributed by atoms with Crippen LogP contribution in [0.2, 0.25) is 0 Å². The first-order valence-corrected chi connectivity index (χ1v) is 8.66. The van der Waals surface area contributed by atoms with E-state index in [1.165, 1.54) is 0 Å². The zero-order valence-electron chi connectivity index (χ0n) is 14.2. The molecule has 0 aliphatic heterocycles. The predicted molar refractivity (Wildman–Crippen MR) is 99.9 cm³/mol. The maximum Gasteiger partial charge on any atom is 0.180 e. The molecule has 0 radical (unpaired) electrons. The molecule has 25 heavy (non-hydrogen) atoms. The molecule has 2 heteroatoms. The number of carbonyl (C=O) groups excluding carboxylic acids is 1. The van der Waals surface area contributed by atoms with Gasteiger partial charge in [0.2, 0.25) is 0 Å². The Labute approximate surface area is 148 Å². The van der Waals surface area contributed by atoms with Gasteiger partial charge in [0.1, 0.15) is 5.41 Å². The molecule has 0 heterocycles. The summed E-state index contributed by atoms with van der Waals surface area (Å²) in [5.74, 6) is 0.0963. The van der Waals surface area contributed by atoms with E-state index >= 15 is 0 Å². The molecule has 1 aliphatic carbocycles. The van der Waals surface area contributed by atoms with E-state index in [4.69, 9.17) is 4.74 Å². The van der Waals surface area contributed by atoms with Gasteiger partial charge in [-0.15, -0.1) is 0 Å². The normalized spacial score (nSPS) is 14.0. The zero-order valence-corrected chi connectivity index (χ0v) is 14.2. The minimum Gasteiger partial charge on any atom is -0.380 e. The Kier molecular flexibility index (Phi) is 3.98. The Balaban J connectivity index is 2.00. The minimum absolute atomic E-state index is 0.0963. The quantitative estimate of drug-likeness (QED) is 0.624. The van der Waals surface area contributed by atoms with Gasteiger partial charge in [-0.2, -0.15) is 0 Å². The third-order valence-corrected chi connectivity index (χ3v) is 5.01. The highest BCUT2D eigenvalue weighted by molar-refractivity contribution is 6.10. The van der Waals surface area contributed by atoms with Crippen molar-refractivity contribution in [2.24, 2.45) is 0 Å². The average molecular weight is 328 g/mol. The van der Waals surface area contributed by atoms with Crippen molar-refractivity contribution in [1.82, 2.24) is 0 Å². The van der Waals surface area contributed by atoms with Crippen molar-refractivity contribution in [3.63, 3.8) is 0 Å². The molecule has 0 N–H and O–H groups in total. The Morgan fingerprint density at radius 2 is 1.32 bits per heavy atom. The molecule has 0 bridgehead atoms. The molecule has 2 nitrogen and oxygen atoms in total. The van der Waals surface area contributed by atoms with Crippen molar-refractivity contribution in [1.29, 1.82) is 0 Å². The van der Waals surface area contributed by atoms with E-state index < -0.39 is 5.41 Å². The van der Waals surface area contributed by atoms with Gasteiger partial charge in [0, 0.05) is 12.2 Å².